The number of carbonyl (C=O) groups is 1. The van der Waals surface area contributed by atoms with Crippen molar-refractivity contribution in [2.24, 2.45) is 0 Å². The van der Waals surface area contributed by atoms with Crippen LogP contribution in [0.15, 0.2) is 17.1 Å². The van der Waals surface area contributed by atoms with E-state index in [0.717, 1.165) is 10.8 Å². The van der Waals surface area contributed by atoms with Gasteiger partial charge in [-0.1, -0.05) is 55.4 Å². The van der Waals surface area contributed by atoms with Crippen molar-refractivity contribution in [3.05, 3.63) is 22.7 Å². The maximum Gasteiger partial charge on any atom is 0.351 e. The van der Waals surface area contributed by atoms with Crippen LogP contribution < -0.4 is 11.0 Å². The van der Waals surface area contributed by atoms with E-state index in [1.165, 1.54) is 19.2 Å². The minimum Gasteiger partial charge on any atom is -0.414 e. The number of ether oxygens (including phenoxy) is 1. The number of fused-ring (bicyclic) bond motifs is 1. The van der Waals surface area contributed by atoms with Crippen molar-refractivity contribution in [2.75, 3.05) is 18.2 Å². The summed E-state index contributed by atoms with van der Waals surface area (Å²) in [7, 11) is -9.94. The average molecular weight is 604 g/mol. The first kappa shape index (κ1) is 32.1. The maximum absolute atomic E-state index is 13.6. The lowest BCUT2D eigenvalue weighted by molar-refractivity contribution is -0.114. The Morgan fingerprint density at radius 2 is 1.62 bits per heavy atom. The minimum absolute atomic E-state index is 0.0200. The second kappa shape index (κ2) is 11.1. The van der Waals surface area contributed by atoms with Gasteiger partial charge < -0.3 is 23.0 Å². The van der Waals surface area contributed by atoms with Crippen LogP contribution in [0.3, 0.4) is 0 Å². The van der Waals surface area contributed by atoms with Crippen LogP contribution in [-0.2, 0) is 32.3 Å². The predicted octanol–water partition coefficient (Wildman–Crippen LogP) is 3.86. The highest BCUT2D eigenvalue weighted by molar-refractivity contribution is 7.92. The number of amides is 1. The normalized spacial score (nSPS) is 28.9. The van der Waals surface area contributed by atoms with Gasteiger partial charge in [-0.05, 0) is 35.2 Å². The van der Waals surface area contributed by atoms with E-state index in [1.54, 1.807) is 6.92 Å². The molecule has 2 aliphatic heterocycles. The fourth-order valence-electron chi connectivity index (χ4n) is 5.90. The molecule has 1 aromatic heterocycles. The van der Waals surface area contributed by atoms with E-state index in [0.29, 0.717) is 0 Å². The number of carbonyl (C=O) groups excluding carboxylic acids is 1. The van der Waals surface area contributed by atoms with Gasteiger partial charge in [0, 0.05) is 19.4 Å². The summed E-state index contributed by atoms with van der Waals surface area (Å²) in [6.45, 7) is 19.6. The molecule has 2 fully saturated rings. The van der Waals surface area contributed by atoms with Gasteiger partial charge in [0.1, 0.15) is 16.7 Å². The Labute approximate surface area is 234 Å². The van der Waals surface area contributed by atoms with Gasteiger partial charge in [0.15, 0.2) is 16.1 Å². The summed E-state index contributed by atoms with van der Waals surface area (Å²) in [5, 5.41) is 2.47. The van der Waals surface area contributed by atoms with Gasteiger partial charge in [0.25, 0.3) is 0 Å². The zero-order chi connectivity index (χ0) is 29.7. The lowest BCUT2D eigenvalue weighted by Crippen LogP contribution is -2.67. The Morgan fingerprint density at radius 3 is 2.05 bits per heavy atom. The largest absolute Gasteiger partial charge is 0.414 e. The third-order valence-corrected chi connectivity index (χ3v) is 20.5. The van der Waals surface area contributed by atoms with Crippen molar-refractivity contribution in [3.63, 3.8) is 0 Å². The number of nitrogens with one attached hydrogen (secondary N) is 1. The first-order valence-electron chi connectivity index (χ1n) is 13.6. The van der Waals surface area contributed by atoms with Crippen LogP contribution in [-0.4, -0.2) is 70.8 Å². The van der Waals surface area contributed by atoms with Crippen molar-refractivity contribution < 1.29 is 30.9 Å². The lowest BCUT2D eigenvalue weighted by atomic mass is 10.0. The Morgan fingerprint density at radius 1 is 1.08 bits per heavy atom. The third kappa shape index (κ3) is 5.45. The third-order valence-electron chi connectivity index (χ3n) is 8.20. The molecule has 0 spiro atoms. The molecule has 0 radical (unpaired) electrons. The van der Waals surface area contributed by atoms with Crippen LogP contribution in [0.5, 0.6) is 0 Å². The fraction of sp³-hybridized carbons (Fsp3) is 0.800. The van der Waals surface area contributed by atoms with E-state index in [-0.39, 0.29) is 40.5 Å². The molecule has 1 N–H and O–H groups in total. The summed E-state index contributed by atoms with van der Waals surface area (Å²) < 4.78 is 54.1. The zero-order valence-corrected chi connectivity index (χ0v) is 27.8. The topological polar surface area (TPSA) is 135 Å². The molecule has 1 aromatic rings. The molecule has 0 bridgehead atoms. The van der Waals surface area contributed by atoms with Gasteiger partial charge in [0.2, 0.25) is 5.91 Å². The lowest BCUT2D eigenvalue weighted by Gasteiger charge is -2.52. The molecule has 1 amide bonds. The summed E-state index contributed by atoms with van der Waals surface area (Å²) in [5.41, 5.74) is -0.582. The number of hydrogen-bond donors (Lipinski definition) is 1. The Balaban J connectivity index is 2.24. The van der Waals surface area contributed by atoms with E-state index in [1.807, 2.05) is 0 Å². The second-order valence-corrected chi connectivity index (χ2v) is 23.4. The quantitative estimate of drug-likeness (QED) is 0.461. The fourth-order valence-corrected chi connectivity index (χ4v) is 18.4. The molecule has 3 heterocycles. The number of nitrogens with zero attached hydrogens (tertiary/aromatic N) is 2. The summed E-state index contributed by atoms with van der Waals surface area (Å²) in [4.78, 5) is 28.5. The highest BCUT2D eigenvalue weighted by Crippen LogP contribution is 2.52. The van der Waals surface area contributed by atoms with Gasteiger partial charge in [-0.3, -0.25) is 9.36 Å². The molecular formula is C25H45N3O8SSi2. The van der Waals surface area contributed by atoms with Crippen molar-refractivity contribution in [3.8, 4) is 0 Å². The standard InChI is InChI=1S/C25H45N3O8SSi2/c1-15(2)38(16(3)4)33-14-20-22(35-39(36-38,17(5)6)18(7)8)25(10,37(11,31)32)23(34-20)28-13-12-21(26-19(9)29)27-24(28)30/h12-13,15-18,20,22-23H,14H2,1-11H3,(H,26,27,29,30). The molecule has 2 saturated heterocycles. The Hall–Kier alpha value is -1.43. The van der Waals surface area contributed by atoms with Gasteiger partial charge in [-0.25, -0.2) is 13.2 Å². The van der Waals surface area contributed by atoms with Crippen LogP contribution in [0.25, 0.3) is 0 Å². The van der Waals surface area contributed by atoms with Crippen molar-refractivity contribution in [2.45, 2.75) is 115 Å². The summed E-state index contributed by atoms with van der Waals surface area (Å²) >= 11 is 0. The molecule has 2 aliphatic rings. The molecular weight excluding hydrogens is 559 g/mol. The van der Waals surface area contributed by atoms with Crippen molar-refractivity contribution in [1.29, 1.82) is 0 Å². The van der Waals surface area contributed by atoms with E-state index >= 15 is 0 Å². The maximum atomic E-state index is 13.6. The van der Waals surface area contributed by atoms with Gasteiger partial charge in [-0.2, -0.15) is 4.98 Å². The van der Waals surface area contributed by atoms with Crippen LogP contribution in [0, 0.1) is 0 Å². The SMILES string of the molecule is CC(=O)Nc1ccn(C2OC3CO[Si](C(C)C)(C(C)C)O[Si](C(C)C)(C(C)C)OC3C2(C)S(C)(=O)=O)c(=O)n1. The first-order valence-corrected chi connectivity index (χ1v) is 19.4. The number of hydrogen-bond acceptors (Lipinski definition) is 9. The van der Waals surface area contributed by atoms with Crippen LogP contribution >= 0.6 is 0 Å². The minimum atomic E-state index is -3.89. The zero-order valence-electron chi connectivity index (χ0n) is 25.0. The van der Waals surface area contributed by atoms with Gasteiger partial charge in [0.05, 0.1) is 12.7 Å². The summed E-state index contributed by atoms with van der Waals surface area (Å²) in [5.74, 6) is -0.314. The molecule has 0 aliphatic carbocycles. The Kier molecular flexibility index (Phi) is 9.13. The molecule has 0 aromatic carbocycles. The van der Waals surface area contributed by atoms with E-state index in [4.69, 9.17) is 17.7 Å². The van der Waals surface area contributed by atoms with Crippen LogP contribution in [0.1, 0.15) is 75.5 Å². The molecule has 4 unspecified atom stereocenters. The van der Waals surface area contributed by atoms with Crippen molar-refractivity contribution >= 4 is 38.7 Å². The molecule has 4 atom stereocenters. The van der Waals surface area contributed by atoms with E-state index < -0.39 is 55.8 Å². The molecule has 14 heteroatoms. The number of anilines is 1. The van der Waals surface area contributed by atoms with Crippen LogP contribution in [0.4, 0.5) is 5.82 Å². The second-order valence-electron chi connectivity index (χ2n) is 12.2. The number of aromatic nitrogens is 2. The van der Waals surface area contributed by atoms with Crippen LogP contribution in [0.2, 0.25) is 22.2 Å². The predicted molar refractivity (Wildman–Crippen MR) is 154 cm³/mol. The molecule has 3 rings (SSSR count). The molecule has 222 valence electrons. The first-order chi connectivity index (χ1) is 17.8. The Bertz CT molecular complexity index is 1220. The number of rotatable bonds is 7. The average Bonchev–Trinajstić information content (AvgIpc) is 3.04. The highest BCUT2D eigenvalue weighted by Gasteiger charge is 2.67. The molecule has 0 saturated carbocycles. The molecule has 39 heavy (non-hydrogen) atoms. The summed E-state index contributed by atoms with van der Waals surface area (Å²) in [6, 6.07) is 1.44. The smallest absolute Gasteiger partial charge is 0.351 e. The van der Waals surface area contributed by atoms with E-state index in [2.05, 4.69) is 65.7 Å². The highest BCUT2D eigenvalue weighted by atomic mass is 32.2. The van der Waals surface area contributed by atoms with Gasteiger partial charge >= 0.3 is 22.8 Å². The van der Waals surface area contributed by atoms with E-state index in [9.17, 15) is 18.0 Å². The monoisotopic (exact) mass is 603 g/mol. The van der Waals surface area contributed by atoms with Crippen molar-refractivity contribution in [1.82, 2.24) is 9.55 Å². The number of sulfone groups is 1. The van der Waals surface area contributed by atoms with Gasteiger partial charge in [-0.15, -0.1) is 0 Å². The molecule has 11 nitrogen and oxygen atoms in total. The summed E-state index contributed by atoms with van der Waals surface area (Å²) in [6.07, 6.45) is -0.441.